The average molecular weight is 292 g/mol. The maximum atomic E-state index is 5.46. The molecule has 0 radical (unpaired) electrons. The SMILES string of the molecule is CCN1CCCC1CNCc1cc(OC)c2c(c1)OCO2. The zero-order chi connectivity index (χ0) is 14.7. The van der Waals surface area contributed by atoms with Crippen molar-refractivity contribution in [2.45, 2.75) is 32.4 Å². The fraction of sp³-hybridized carbons (Fsp3) is 0.625. The number of ether oxygens (including phenoxy) is 3. The first-order valence-electron chi connectivity index (χ1n) is 7.73. The Kier molecular flexibility index (Phi) is 4.51. The third kappa shape index (κ3) is 3.09. The number of hydrogen-bond acceptors (Lipinski definition) is 5. The summed E-state index contributed by atoms with van der Waals surface area (Å²) < 4.78 is 16.2. The molecule has 0 aliphatic carbocycles. The first kappa shape index (κ1) is 14.5. The molecule has 21 heavy (non-hydrogen) atoms. The largest absolute Gasteiger partial charge is 0.493 e. The van der Waals surface area contributed by atoms with Gasteiger partial charge in [-0.1, -0.05) is 6.92 Å². The van der Waals surface area contributed by atoms with E-state index in [0.717, 1.165) is 36.7 Å². The van der Waals surface area contributed by atoms with Crippen LogP contribution in [0.5, 0.6) is 17.2 Å². The van der Waals surface area contributed by atoms with E-state index in [-0.39, 0.29) is 6.79 Å². The zero-order valence-corrected chi connectivity index (χ0v) is 12.9. The van der Waals surface area contributed by atoms with Crippen molar-refractivity contribution in [3.8, 4) is 17.2 Å². The number of benzene rings is 1. The monoisotopic (exact) mass is 292 g/mol. The zero-order valence-electron chi connectivity index (χ0n) is 12.9. The van der Waals surface area contributed by atoms with Crippen molar-refractivity contribution in [1.29, 1.82) is 0 Å². The van der Waals surface area contributed by atoms with E-state index >= 15 is 0 Å². The van der Waals surface area contributed by atoms with E-state index in [9.17, 15) is 0 Å². The highest BCUT2D eigenvalue weighted by Crippen LogP contribution is 2.41. The highest BCUT2D eigenvalue weighted by molar-refractivity contribution is 5.55. The Morgan fingerprint density at radius 2 is 2.29 bits per heavy atom. The minimum absolute atomic E-state index is 0.274. The van der Waals surface area contributed by atoms with Gasteiger partial charge >= 0.3 is 0 Å². The summed E-state index contributed by atoms with van der Waals surface area (Å²) in [6, 6.07) is 4.72. The Bertz CT molecular complexity index is 493. The predicted octanol–water partition coefficient (Wildman–Crippen LogP) is 2.00. The highest BCUT2D eigenvalue weighted by Gasteiger charge is 2.23. The number of rotatable bonds is 6. The topological polar surface area (TPSA) is 43.0 Å². The fourth-order valence-corrected chi connectivity index (χ4v) is 3.21. The Balaban J connectivity index is 1.58. The molecular weight excluding hydrogens is 268 g/mol. The van der Waals surface area contributed by atoms with E-state index in [4.69, 9.17) is 14.2 Å². The molecule has 2 aliphatic heterocycles. The number of likely N-dealkylation sites (N-methyl/N-ethyl adjacent to an activating group) is 1. The van der Waals surface area contributed by atoms with Gasteiger partial charge in [-0.05, 0) is 43.6 Å². The van der Waals surface area contributed by atoms with Crippen LogP contribution in [0.3, 0.4) is 0 Å². The summed E-state index contributed by atoms with van der Waals surface area (Å²) in [6.45, 7) is 6.74. The minimum atomic E-state index is 0.274. The summed E-state index contributed by atoms with van der Waals surface area (Å²) >= 11 is 0. The van der Waals surface area contributed by atoms with E-state index in [0.29, 0.717) is 11.8 Å². The lowest BCUT2D eigenvalue weighted by molar-refractivity contribution is 0.171. The van der Waals surface area contributed by atoms with Crippen molar-refractivity contribution in [3.05, 3.63) is 17.7 Å². The van der Waals surface area contributed by atoms with Crippen molar-refractivity contribution in [2.75, 3.05) is 33.5 Å². The lowest BCUT2D eigenvalue weighted by atomic mass is 10.1. The minimum Gasteiger partial charge on any atom is -0.493 e. The second-order valence-electron chi connectivity index (χ2n) is 5.59. The summed E-state index contributed by atoms with van der Waals surface area (Å²) in [5.74, 6) is 2.24. The van der Waals surface area contributed by atoms with Gasteiger partial charge in [-0.2, -0.15) is 0 Å². The molecule has 3 rings (SSSR count). The van der Waals surface area contributed by atoms with Crippen LogP contribution in [-0.2, 0) is 6.54 Å². The van der Waals surface area contributed by atoms with Crippen LogP contribution in [0.2, 0.25) is 0 Å². The number of methoxy groups -OCH3 is 1. The van der Waals surface area contributed by atoms with Crippen molar-refractivity contribution in [1.82, 2.24) is 10.2 Å². The van der Waals surface area contributed by atoms with Crippen LogP contribution in [0.4, 0.5) is 0 Å². The number of nitrogens with one attached hydrogen (secondary N) is 1. The first-order valence-corrected chi connectivity index (χ1v) is 7.73. The molecule has 0 saturated carbocycles. The highest BCUT2D eigenvalue weighted by atomic mass is 16.7. The molecule has 5 nitrogen and oxygen atoms in total. The molecule has 0 bridgehead atoms. The van der Waals surface area contributed by atoms with Crippen LogP contribution in [0.25, 0.3) is 0 Å². The molecule has 1 fully saturated rings. The molecule has 1 aromatic carbocycles. The standard InChI is InChI=1S/C16H24N2O3/c1-3-18-6-4-5-13(18)10-17-9-12-7-14(19-2)16-15(8-12)20-11-21-16/h7-8,13,17H,3-6,9-11H2,1-2H3. The van der Waals surface area contributed by atoms with Crippen LogP contribution < -0.4 is 19.5 Å². The number of fused-ring (bicyclic) bond motifs is 1. The smallest absolute Gasteiger partial charge is 0.231 e. The molecule has 1 N–H and O–H groups in total. The maximum absolute atomic E-state index is 5.46. The van der Waals surface area contributed by atoms with Crippen LogP contribution in [-0.4, -0.2) is 44.5 Å². The second-order valence-corrected chi connectivity index (χ2v) is 5.59. The molecular formula is C16H24N2O3. The fourth-order valence-electron chi connectivity index (χ4n) is 3.21. The molecule has 0 aromatic heterocycles. The molecule has 2 aliphatic rings. The average Bonchev–Trinajstić information content (AvgIpc) is 3.14. The first-order chi connectivity index (χ1) is 10.3. The maximum Gasteiger partial charge on any atom is 0.231 e. The van der Waals surface area contributed by atoms with Crippen molar-refractivity contribution >= 4 is 0 Å². The summed E-state index contributed by atoms with van der Waals surface area (Å²) in [5.41, 5.74) is 1.16. The predicted molar refractivity (Wildman–Crippen MR) is 81.1 cm³/mol. The van der Waals surface area contributed by atoms with E-state index in [2.05, 4.69) is 17.1 Å². The van der Waals surface area contributed by atoms with Gasteiger partial charge in [0.1, 0.15) is 0 Å². The normalized spacial score (nSPS) is 21.0. The van der Waals surface area contributed by atoms with Gasteiger partial charge in [0, 0.05) is 19.1 Å². The molecule has 2 heterocycles. The van der Waals surface area contributed by atoms with Gasteiger partial charge < -0.3 is 19.5 Å². The molecule has 0 spiro atoms. The molecule has 1 unspecified atom stereocenters. The van der Waals surface area contributed by atoms with Crippen molar-refractivity contribution in [2.24, 2.45) is 0 Å². The van der Waals surface area contributed by atoms with Crippen LogP contribution in [0, 0.1) is 0 Å². The molecule has 0 amide bonds. The van der Waals surface area contributed by atoms with Gasteiger partial charge in [0.15, 0.2) is 11.5 Å². The lowest BCUT2D eigenvalue weighted by Crippen LogP contribution is -2.37. The van der Waals surface area contributed by atoms with E-state index in [1.54, 1.807) is 7.11 Å². The summed E-state index contributed by atoms with van der Waals surface area (Å²) in [5, 5.41) is 3.56. The Morgan fingerprint density at radius 1 is 1.38 bits per heavy atom. The van der Waals surface area contributed by atoms with Crippen LogP contribution in [0.1, 0.15) is 25.3 Å². The second kappa shape index (κ2) is 6.54. The summed E-state index contributed by atoms with van der Waals surface area (Å²) in [6.07, 6.45) is 2.61. The van der Waals surface area contributed by atoms with Gasteiger partial charge in [-0.15, -0.1) is 0 Å². The lowest BCUT2D eigenvalue weighted by Gasteiger charge is -2.23. The van der Waals surface area contributed by atoms with Crippen molar-refractivity contribution < 1.29 is 14.2 Å². The number of hydrogen-bond donors (Lipinski definition) is 1. The Morgan fingerprint density at radius 3 is 3.10 bits per heavy atom. The summed E-state index contributed by atoms with van der Waals surface area (Å²) in [7, 11) is 1.66. The van der Waals surface area contributed by atoms with Crippen LogP contribution >= 0.6 is 0 Å². The molecule has 1 saturated heterocycles. The third-order valence-corrected chi connectivity index (χ3v) is 4.33. The molecule has 1 atom stereocenters. The van der Waals surface area contributed by atoms with Gasteiger partial charge in [0.25, 0.3) is 0 Å². The van der Waals surface area contributed by atoms with E-state index in [1.165, 1.54) is 19.4 Å². The summed E-state index contributed by atoms with van der Waals surface area (Å²) in [4.78, 5) is 2.55. The van der Waals surface area contributed by atoms with E-state index < -0.39 is 0 Å². The van der Waals surface area contributed by atoms with Gasteiger partial charge in [0.2, 0.25) is 12.5 Å². The van der Waals surface area contributed by atoms with E-state index in [1.807, 2.05) is 12.1 Å². The van der Waals surface area contributed by atoms with Gasteiger partial charge in [-0.3, -0.25) is 4.90 Å². The molecule has 116 valence electrons. The molecule has 5 heteroatoms. The Hall–Kier alpha value is -1.46. The van der Waals surface area contributed by atoms with Gasteiger partial charge in [-0.25, -0.2) is 0 Å². The van der Waals surface area contributed by atoms with Crippen molar-refractivity contribution in [3.63, 3.8) is 0 Å². The van der Waals surface area contributed by atoms with Crippen LogP contribution in [0.15, 0.2) is 12.1 Å². The molecule has 1 aromatic rings. The van der Waals surface area contributed by atoms with Gasteiger partial charge in [0.05, 0.1) is 7.11 Å². The number of nitrogens with zero attached hydrogens (tertiary/aromatic N) is 1. The Labute approximate surface area is 126 Å². The number of likely N-dealkylation sites (tertiary alicyclic amines) is 1. The third-order valence-electron chi connectivity index (χ3n) is 4.33. The quantitative estimate of drug-likeness (QED) is 0.868.